The second-order valence-electron chi connectivity index (χ2n) is 6.23. The number of nitrogens with one attached hydrogen (secondary N) is 2. The van der Waals surface area contributed by atoms with Crippen LogP contribution in [0.15, 0.2) is 12.4 Å². The van der Waals surface area contributed by atoms with Gasteiger partial charge in [0, 0.05) is 37.7 Å². The molecule has 2 aromatic heterocycles. The highest BCUT2D eigenvalue weighted by Crippen LogP contribution is 2.20. The van der Waals surface area contributed by atoms with Crippen molar-refractivity contribution in [1.29, 1.82) is 0 Å². The van der Waals surface area contributed by atoms with Crippen LogP contribution >= 0.6 is 0 Å². The summed E-state index contributed by atoms with van der Waals surface area (Å²) in [7, 11) is 2.09. The molecule has 23 heavy (non-hydrogen) atoms. The molecule has 6 nitrogen and oxygen atoms in total. The van der Waals surface area contributed by atoms with Gasteiger partial charge in [-0.15, -0.1) is 0 Å². The minimum atomic E-state index is -0.0299. The number of aryl methyl sites for hydroxylation is 2. The predicted octanol–water partition coefficient (Wildman–Crippen LogP) is 1.38. The average Bonchev–Trinajstić information content (AvgIpc) is 2.85. The molecule has 3 heterocycles. The van der Waals surface area contributed by atoms with E-state index < -0.39 is 0 Å². The first kappa shape index (κ1) is 15.7. The Bertz CT molecular complexity index is 702. The van der Waals surface area contributed by atoms with Gasteiger partial charge in [0.15, 0.2) is 0 Å². The maximum atomic E-state index is 12.5. The summed E-state index contributed by atoms with van der Waals surface area (Å²) < 4.78 is 0. The number of H-pyrrole nitrogens is 1. The molecule has 0 saturated heterocycles. The fourth-order valence-corrected chi connectivity index (χ4v) is 3.17. The van der Waals surface area contributed by atoms with Gasteiger partial charge in [-0.2, -0.15) is 5.10 Å². The van der Waals surface area contributed by atoms with Gasteiger partial charge in [0.05, 0.1) is 11.3 Å². The molecule has 2 aromatic rings. The second-order valence-corrected chi connectivity index (χ2v) is 6.23. The number of rotatable bonds is 4. The van der Waals surface area contributed by atoms with Gasteiger partial charge in [0.2, 0.25) is 0 Å². The molecule has 3 rings (SSSR count). The van der Waals surface area contributed by atoms with Crippen molar-refractivity contribution in [2.45, 2.75) is 33.2 Å². The summed E-state index contributed by atoms with van der Waals surface area (Å²) in [5.41, 5.74) is 6.27. The maximum Gasteiger partial charge on any atom is 0.253 e. The number of carbonyl (C=O) groups is 1. The van der Waals surface area contributed by atoms with Crippen molar-refractivity contribution in [2.24, 2.45) is 0 Å². The van der Waals surface area contributed by atoms with Crippen LogP contribution in [-0.2, 0) is 19.4 Å². The molecule has 0 unspecified atom stereocenters. The number of hydrogen-bond acceptors (Lipinski definition) is 4. The summed E-state index contributed by atoms with van der Waals surface area (Å²) in [5.74, 6) is -0.0299. The number of aromatic nitrogens is 3. The van der Waals surface area contributed by atoms with Gasteiger partial charge >= 0.3 is 0 Å². The van der Waals surface area contributed by atoms with Crippen LogP contribution in [0, 0.1) is 13.8 Å². The fraction of sp³-hybridized carbons (Fsp3) is 0.471. The van der Waals surface area contributed by atoms with E-state index in [9.17, 15) is 4.79 Å². The number of amides is 1. The van der Waals surface area contributed by atoms with Crippen LogP contribution in [-0.4, -0.2) is 46.1 Å². The van der Waals surface area contributed by atoms with Crippen molar-refractivity contribution in [3.8, 4) is 0 Å². The van der Waals surface area contributed by atoms with Crippen LogP contribution < -0.4 is 5.32 Å². The third-order valence-corrected chi connectivity index (χ3v) is 4.52. The summed E-state index contributed by atoms with van der Waals surface area (Å²) in [6, 6.07) is 0. The molecule has 0 bridgehead atoms. The van der Waals surface area contributed by atoms with E-state index in [1.807, 2.05) is 20.0 Å². The number of likely N-dealkylation sites (N-methyl/N-ethyl adjacent to an activating group) is 1. The average molecular weight is 313 g/mol. The molecule has 1 aliphatic heterocycles. The van der Waals surface area contributed by atoms with Crippen LogP contribution in [0.4, 0.5) is 0 Å². The summed E-state index contributed by atoms with van der Waals surface area (Å²) in [6.45, 7) is 6.42. The molecule has 0 aromatic carbocycles. The Morgan fingerprint density at radius 1 is 1.39 bits per heavy atom. The summed E-state index contributed by atoms with van der Waals surface area (Å²) in [5, 5.41) is 10.2. The first-order valence-electron chi connectivity index (χ1n) is 7.99. The van der Waals surface area contributed by atoms with Crippen LogP contribution in [0.3, 0.4) is 0 Å². The van der Waals surface area contributed by atoms with E-state index in [1.165, 1.54) is 5.56 Å². The number of nitrogens with zero attached hydrogens (tertiary/aromatic N) is 3. The number of pyridine rings is 1. The lowest BCUT2D eigenvalue weighted by Crippen LogP contribution is -2.31. The Labute approximate surface area is 136 Å². The van der Waals surface area contributed by atoms with Crippen molar-refractivity contribution in [2.75, 3.05) is 20.1 Å². The van der Waals surface area contributed by atoms with Gasteiger partial charge in [0.1, 0.15) is 0 Å². The predicted molar refractivity (Wildman–Crippen MR) is 88.4 cm³/mol. The molecule has 0 aliphatic carbocycles. The van der Waals surface area contributed by atoms with Gasteiger partial charge in [-0.3, -0.25) is 14.9 Å². The Hall–Kier alpha value is -2.21. The lowest BCUT2D eigenvalue weighted by molar-refractivity contribution is 0.0952. The van der Waals surface area contributed by atoms with E-state index in [0.717, 1.165) is 54.0 Å². The minimum absolute atomic E-state index is 0.0299. The number of fused-ring (bicyclic) bond motifs is 1. The van der Waals surface area contributed by atoms with E-state index in [0.29, 0.717) is 6.54 Å². The van der Waals surface area contributed by atoms with Crippen molar-refractivity contribution >= 4 is 5.91 Å². The molecule has 0 radical (unpaired) electrons. The molecule has 0 spiro atoms. The first-order chi connectivity index (χ1) is 11.1. The smallest absolute Gasteiger partial charge is 0.253 e. The third kappa shape index (κ3) is 3.27. The third-order valence-electron chi connectivity index (χ3n) is 4.52. The van der Waals surface area contributed by atoms with Crippen LogP contribution in [0.1, 0.15) is 38.4 Å². The molecule has 1 aliphatic rings. The van der Waals surface area contributed by atoms with Crippen LogP contribution in [0.5, 0.6) is 0 Å². The van der Waals surface area contributed by atoms with Gasteiger partial charge in [0.25, 0.3) is 5.91 Å². The Kier molecular flexibility index (Phi) is 4.43. The van der Waals surface area contributed by atoms with E-state index in [2.05, 4.69) is 32.4 Å². The minimum Gasteiger partial charge on any atom is -0.352 e. The largest absolute Gasteiger partial charge is 0.352 e. The molecule has 2 N–H and O–H groups in total. The van der Waals surface area contributed by atoms with Gasteiger partial charge in [-0.1, -0.05) is 0 Å². The standard InChI is InChI=1S/C17H23N5O/c1-11-14(12(2)21-20-11)4-6-19-17(23)16-9-18-8-13-10-22(3)7-5-15(13)16/h8-9H,4-7,10H2,1-3H3,(H,19,23)(H,20,21). The SMILES string of the molecule is Cc1n[nH]c(C)c1CCNC(=O)c1cncc2c1CCN(C)C2. The quantitative estimate of drug-likeness (QED) is 0.894. The van der Waals surface area contributed by atoms with Crippen molar-refractivity contribution in [1.82, 2.24) is 25.4 Å². The van der Waals surface area contributed by atoms with Crippen molar-refractivity contribution in [3.63, 3.8) is 0 Å². The van der Waals surface area contributed by atoms with Gasteiger partial charge in [-0.05, 0) is 50.4 Å². The summed E-state index contributed by atoms with van der Waals surface area (Å²) in [6.07, 6.45) is 5.25. The number of aromatic amines is 1. The highest BCUT2D eigenvalue weighted by molar-refractivity contribution is 5.95. The van der Waals surface area contributed by atoms with E-state index >= 15 is 0 Å². The zero-order chi connectivity index (χ0) is 16.4. The highest BCUT2D eigenvalue weighted by atomic mass is 16.1. The zero-order valence-corrected chi connectivity index (χ0v) is 13.9. The lowest BCUT2D eigenvalue weighted by Gasteiger charge is -2.26. The normalized spacial score (nSPS) is 14.6. The Morgan fingerprint density at radius 3 is 2.96 bits per heavy atom. The molecular formula is C17H23N5O. The molecule has 0 fully saturated rings. The fourth-order valence-electron chi connectivity index (χ4n) is 3.17. The van der Waals surface area contributed by atoms with Gasteiger partial charge < -0.3 is 10.2 Å². The Morgan fingerprint density at radius 2 is 2.22 bits per heavy atom. The monoisotopic (exact) mass is 313 g/mol. The van der Waals surface area contributed by atoms with Gasteiger partial charge in [-0.25, -0.2) is 0 Å². The highest BCUT2D eigenvalue weighted by Gasteiger charge is 2.20. The summed E-state index contributed by atoms with van der Waals surface area (Å²) >= 11 is 0. The maximum absolute atomic E-state index is 12.5. The zero-order valence-electron chi connectivity index (χ0n) is 13.9. The summed E-state index contributed by atoms with van der Waals surface area (Å²) in [4.78, 5) is 19.0. The van der Waals surface area contributed by atoms with Crippen LogP contribution in [0.2, 0.25) is 0 Å². The molecule has 122 valence electrons. The Balaban J connectivity index is 1.66. The molecular weight excluding hydrogens is 290 g/mol. The van der Waals surface area contributed by atoms with E-state index in [-0.39, 0.29) is 5.91 Å². The number of carbonyl (C=O) groups excluding carboxylic acids is 1. The molecule has 1 amide bonds. The van der Waals surface area contributed by atoms with Crippen molar-refractivity contribution < 1.29 is 4.79 Å². The second kappa shape index (κ2) is 6.50. The lowest BCUT2D eigenvalue weighted by atomic mass is 9.97. The first-order valence-corrected chi connectivity index (χ1v) is 7.99. The van der Waals surface area contributed by atoms with E-state index in [1.54, 1.807) is 6.20 Å². The van der Waals surface area contributed by atoms with Crippen LogP contribution in [0.25, 0.3) is 0 Å². The molecule has 6 heteroatoms. The number of hydrogen-bond donors (Lipinski definition) is 2. The van der Waals surface area contributed by atoms with Crippen molar-refractivity contribution in [3.05, 3.63) is 46.0 Å². The molecule has 0 atom stereocenters. The molecule has 0 saturated carbocycles. The topological polar surface area (TPSA) is 73.9 Å². The van der Waals surface area contributed by atoms with E-state index in [4.69, 9.17) is 0 Å².